The third-order valence-corrected chi connectivity index (χ3v) is 7.43. The average molecular weight is 419 g/mol. The Labute approximate surface area is 166 Å². The monoisotopic (exact) mass is 418 g/mol. The number of benzene rings is 2. The van der Waals surface area contributed by atoms with Gasteiger partial charge in [0.25, 0.3) is 5.69 Å². The molecule has 0 bridgehead atoms. The molecule has 3 aromatic rings. The van der Waals surface area contributed by atoms with Crippen LogP contribution in [-0.4, -0.2) is 31.9 Å². The van der Waals surface area contributed by atoms with Crippen LogP contribution in [-0.2, 0) is 10.0 Å². The predicted octanol–water partition coefficient (Wildman–Crippen LogP) is 3.45. The molecule has 1 saturated heterocycles. The second-order valence-electron chi connectivity index (χ2n) is 6.49. The van der Waals surface area contributed by atoms with E-state index >= 15 is 0 Å². The molecule has 2 aromatic carbocycles. The summed E-state index contributed by atoms with van der Waals surface area (Å²) in [6.07, 6.45) is 1.72. The zero-order chi connectivity index (χ0) is 19.9. The molecular weight excluding hydrogens is 400 g/mol. The smallest absolute Gasteiger partial charge is 0.293 e. The first-order valence-electron chi connectivity index (χ1n) is 8.75. The molecule has 146 valence electrons. The highest BCUT2D eigenvalue weighted by atomic mass is 32.2. The molecule has 1 N–H and O–H groups in total. The summed E-state index contributed by atoms with van der Waals surface area (Å²) >= 11 is 1.59. The Bertz CT molecular complexity index is 1130. The summed E-state index contributed by atoms with van der Waals surface area (Å²) in [5.74, 6) is 0. The van der Waals surface area contributed by atoms with E-state index in [1.54, 1.807) is 11.3 Å². The Morgan fingerprint density at radius 2 is 2.07 bits per heavy atom. The van der Waals surface area contributed by atoms with E-state index in [0.717, 1.165) is 34.1 Å². The lowest BCUT2D eigenvalue weighted by Crippen LogP contribution is -2.24. The van der Waals surface area contributed by atoms with E-state index in [9.17, 15) is 18.5 Å². The quantitative estimate of drug-likeness (QED) is 0.502. The van der Waals surface area contributed by atoms with Crippen molar-refractivity contribution in [3.05, 3.63) is 57.6 Å². The molecule has 0 amide bonds. The second kappa shape index (κ2) is 7.12. The van der Waals surface area contributed by atoms with Gasteiger partial charge in [0.2, 0.25) is 10.0 Å². The van der Waals surface area contributed by atoms with E-state index < -0.39 is 14.9 Å². The van der Waals surface area contributed by atoms with Crippen LogP contribution in [0.4, 0.5) is 11.4 Å². The van der Waals surface area contributed by atoms with Gasteiger partial charge in [0.15, 0.2) is 0 Å². The Morgan fingerprint density at radius 1 is 1.29 bits per heavy atom. The van der Waals surface area contributed by atoms with Crippen molar-refractivity contribution in [1.29, 1.82) is 0 Å². The summed E-state index contributed by atoms with van der Waals surface area (Å²) in [7, 11) is -2.48. The molecule has 1 aromatic heterocycles. The molecule has 1 unspecified atom stereocenters. The normalized spacial score (nSPS) is 17.3. The lowest BCUT2D eigenvalue weighted by atomic mass is 10.2. The maximum Gasteiger partial charge on any atom is 0.293 e. The van der Waals surface area contributed by atoms with Gasteiger partial charge in [-0.1, -0.05) is 12.1 Å². The number of para-hydroxylation sites is 1. The van der Waals surface area contributed by atoms with Crippen LogP contribution in [0, 0.1) is 10.1 Å². The van der Waals surface area contributed by atoms with Crippen molar-refractivity contribution in [3.63, 3.8) is 0 Å². The highest BCUT2D eigenvalue weighted by molar-refractivity contribution is 7.89. The Kier molecular flexibility index (Phi) is 4.77. The van der Waals surface area contributed by atoms with Crippen LogP contribution in [0.5, 0.6) is 0 Å². The number of aromatic nitrogens is 1. The summed E-state index contributed by atoms with van der Waals surface area (Å²) < 4.78 is 27.3. The number of thiazole rings is 1. The second-order valence-corrected chi connectivity index (χ2v) is 9.44. The Hall–Kier alpha value is -2.56. The first kappa shape index (κ1) is 18.8. The van der Waals surface area contributed by atoms with Gasteiger partial charge < -0.3 is 4.90 Å². The molecule has 1 aliphatic heterocycles. The third-order valence-electron chi connectivity index (χ3n) is 4.88. The van der Waals surface area contributed by atoms with Crippen molar-refractivity contribution in [2.45, 2.75) is 23.8 Å². The van der Waals surface area contributed by atoms with Crippen LogP contribution >= 0.6 is 11.3 Å². The van der Waals surface area contributed by atoms with Crippen molar-refractivity contribution in [1.82, 2.24) is 9.71 Å². The molecule has 0 aliphatic carbocycles. The van der Waals surface area contributed by atoms with Gasteiger partial charge in [0.1, 0.15) is 10.7 Å². The van der Waals surface area contributed by atoms with Crippen LogP contribution in [0.15, 0.2) is 47.4 Å². The zero-order valence-electron chi connectivity index (χ0n) is 15.0. The minimum absolute atomic E-state index is 0.0668. The molecule has 0 radical (unpaired) electrons. The number of nitrogens with one attached hydrogen (secondary N) is 1. The standard InChI is InChI=1S/C18H18N4O4S2/c1-19-28(25,26)12-8-9-14(16(11-12)22(23)24)21-10-4-6-15(21)18-20-13-5-2-3-7-17(13)27-18/h2-3,5,7-9,11,15,19H,4,6,10H2,1H3. The van der Waals surface area contributed by atoms with Crippen molar-refractivity contribution in [3.8, 4) is 0 Å². The minimum Gasteiger partial charge on any atom is -0.357 e. The fourth-order valence-electron chi connectivity index (χ4n) is 3.52. The van der Waals surface area contributed by atoms with Crippen molar-refractivity contribution < 1.29 is 13.3 Å². The lowest BCUT2D eigenvalue weighted by molar-refractivity contribution is -0.384. The number of hydrogen-bond acceptors (Lipinski definition) is 7. The van der Waals surface area contributed by atoms with Crippen molar-refractivity contribution in [2.75, 3.05) is 18.5 Å². The van der Waals surface area contributed by atoms with Crippen LogP contribution in [0.2, 0.25) is 0 Å². The molecule has 28 heavy (non-hydrogen) atoms. The molecule has 0 saturated carbocycles. The van der Waals surface area contributed by atoms with Gasteiger partial charge in [-0.2, -0.15) is 0 Å². The Balaban J connectivity index is 1.77. The van der Waals surface area contributed by atoms with Gasteiger partial charge in [0, 0.05) is 12.6 Å². The topological polar surface area (TPSA) is 105 Å². The minimum atomic E-state index is -3.76. The summed E-state index contributed by atoms with van der Waals surface area (Å²) in [6.45, 7) is 0.652. The molecule has 2 heterocycles. The predicted molar refractivity (Wildman–Crippen MR) is 108 cm³/mol. The van der Waals surface area contributed by atoms with Gasteiger partial charge in [-0.25, -0.2) is 18.1 Å². The number of sulfonamides is 1. The van der Waals surface area contributed by atoms with Crippen LogP contribution < -0.4 is 9.62 Å². The highest BCUT2D eigenvalue weighted by Gasteiger charge is 2.33. The van der Waals surface area contributed by atoms with Gasteiger partial charge in [-0.05, 0) is 44.2 Å². The zero-order valence-corrected chi connectivity index (χ0v) is 16.7. The summed E-state index contributed by atoms with van der Waals surface area (Å²) in [4.78, 5) is 17.7. The van der Waals surface area contributed by atoms with Crippen molar-refractivity contribution >= 4 is 43.0 Å². The summed E-state index contributed by atoms with van der Waals surface area (Å²) in [6, 6.07) is 11.8. The summed E-state index contributed by atoms with van der Waals surface area (Å²) in [5.41, 5.74) is 1.12. The maximum atomic E-state index is 12.0. The molecule has 4 rings (SSSR count). The third kappa shape index (κ3) is 3.23. The molecule has 1 fully saturated rings. The number of fused-ring (bicyclic) bond motifs is 1. The fourth-order valence-corrected chi connectivity index (χ4v) is 5.39. The van der Waals surface area contributed by atoms with Gasteiger partial charge >= 0.3 is 0 Å². The fraction of sp³-hybridized carbons (Fsp3) is 0.278. The first-order valence-corrected chi connectivity index (χ1v) is 11.0. The lowest BCUT2D eigenvalue weighted by Gasteiger charge is -2.25. The van der Waals surface area contributed by atoms with E-state index in [0.29, 0.717) is 12.2 Å². The largest absolute Gasteiger partial charge is 0.357 e. The van der Waals surface area contributed by atoms with E-state index in [4.69, 9.17) is 4.98 Å². The van der Waals surface area contributed by atoms with E-state index in [-0.39, 0.29) is 16.6 Å². The maximum absolute atomic E-state index is 12.0. The van der Waals surface area contributed by atoms with E-state index in [1.807, 2.05) is 29.2 Å². The Morgan fingerprint density at radius 3 is 2.79 bits per heavy atom. The molecular formula is C18H18N4O4S2. The molecule has 10 heteroatoms. The molecule has 1 aliphatic rings. The SMILES string of the molecule is CNS(=O)(=O)c1ccc(N2CCCC2c2nc3ccccc3s2)c([N+](=O)[O-])c1. The number of rotatable bonds is 5. The molecule has 8 nitrogen and oxygen atoms in total. The number of hydrogen-bond donors (Lipinski definition) is 1. The number of nitrogens with zero attached hydrogens (tertiary/aromatic N) is 3. The van der Waals surface area contributed by atoms with E-state index in [2.05, 4.69) is 4.72 Å². The highest BCUT2D eigenvalue weighted by Crippen LogP contribution is 2.42. The molecule has 1 atom stereocenters. The molecule has 0 spiro atoms. The van der Waals surface area contributed by atoms with Crippen molar-refractivity contribution in [2.24, 2.45) is 0 Å². The van der Waals surface area contributed by atoms with Crippen LogP contribution in [0.3, 0.4) is 0 Å². The number of nitro groups is 1. The number of anilines is 1. The van der Waals surface area contributed by atoms with Gasteiger partial charge in [-0.15, -0.1) is 11.3 Å². The summed E-state index contributed by atoms with van der Waals surface area (Å²) in [5, 5.41) is 12.6. The average Bonchev–Trinajstić information content (AvgIpc) is 3.33. The van der Waals surface area contributed by atoms with Gasteiger partial charge in [-0.3, -0.25) is 10.1 Å². The van der Waals surface area contributed by atoms with Gasteiger partial charge in [0.05, 0.1) is 26.1 Å². The van der Waals surface area contributed by atoms with E-state index in [1.165, 1.54) is 19.2 Å². The number of nitro benzene ring substituents is 1. The van der Waals surface area contributed by atoms with Crippen LogP contribution in [0.1, 0.15) is 23.9 Å². The first-order chi connectivity index (χ1) is 13.4. The van der Waals surface area contributed by atoms with Crippen LogP contribution in [0.25, 0.3) is 10.2 Å².